The summed E-state index contributed by atoms with van der Waals surface area (Å²) in [5.74, 6) is -0.136. The molecular weight excluding hydrogens is 236 g/mol. The van der Waals surface area contributed by atoms with Crippen LogP contribution in [-0.2, 0) is 0 Å². The maximum Gasteiger partial charge on any atom is 0.310 e. The predicted octanol–water partition coefficient (Wildman–Crippen LogP) is 1.78. The van der Waals surface area contributed by atoms with Crippen LogP contribution in [0, 0.1) is 16.0 Å². The lowest BCUT2D eigenvalue weighted by Gasteiger charge is -2.16. The van der Waals surface area contributed by atoms with E-state index < -0.39 is 16.4 Å². The maximum atomic E-state index is 12.0. The number of hydrogen-bond donors (Lipinski definition) is 1. The van der Waals surface area contributed by atoms with E-state index in [2.05, 4.69) is 0 Å². The van der Waals surface area contributed by atoms with Gasteiger partial charge in [-0.3, -0.25) is 14.9 Å². The minimum Gasteiger partial charge on any atom is -0.502 e. The molecule has 0 bridgehead atoms. The van der Waals surface area contributed by atoms with Gasteiger partial charge in [0.15, 0.2) is 5.75 Å². The van der Waals surface area contributed by atoms with E-state index in [1.807, 2.05) is 0 Å². The number of phenols is 1. The number of amides is 1. The van der Waals surface area contributed by atoms with Crippen molar-refractivity contribution in [3.8, 4) is 5.75 Å². The van der Waals surface area contributed by atoms with Gasteiger partial charge in [0.2, 0.25) is 0 Å². The second-order valence-electron chi connectivity index (χ2n) is 4.59. The molecule has 1 aromatic rings. The number of phenolic OH excluding ortho intramolecular Hbond substituents is 1. The zero-order chi connectivity index (χ0) is 13.3. The van der Waals surface area contributed by atoms with Gasteiger partial charge in [-0.25, -0.2) is 0 Å². The average Bonchev–Trinajstić information content (AvgIpc) is 3.11. The standard InChI is InChI=1S/C12H14N2O4/c1-13(7-8-2-3-8)12(16)9-4-5-10(14(17)18)11(15)6-9/h4-6,8,15H,2-3,7H2,1H3. The summed E-state index contributed by atoms with van der Waals surface area (Å²) in [6.45, 7) is 0.691. The normalized spacial score (nSPS) is 14.3. The molecule has 1 aliphatic carbocycles. The van der Waals surface area contributed by atoms with Crippen molar-refractivity contribution >= 4 is 11.6 Å². The molecule has 96 valence electrons. The summed E-state index contributed by atoms with van der Waals surface area (Å²) in [5.41, 5.74) is -0.127. The van der Waals surface area contributed by atoms with Crippen molar-refractivity contribution < 1.29 is 14.8 Å². The van der Waals surface area contributed by atoms with Crippen molar-refractivity contribution in [3.63, 3.8) is 0 Å². The van der Waals surface area contributed by atoms with E-state index in [0.717, 1.165) is 25.0 Å². The van der Waals surface area contributed by atoms with Crippen LogP contribution in [-0.4, -0.2) is 34.4 Å². The topological polar surface area (TPSA) is 83.7 Å². The largest absolute Gasteiger partial charge is 0.502 e. The van der Waals surface area contributed by atoms with Crippen LogP contribution in [0.4, 0.5) is 5.69 Å². The van der Waals surface area contributed by atoms with Crippen LogP contribution in [0.25, 0.3) is 0 Å². The Balaban J connectivity index is 2.14. The first-order chi connectivity index (χ1) is 8.49. The molecule has 0 atom stereocenters. The van der Waals surface area contributed by atoms with E-state index >= 15 is 0 Å². The predicted molar refractivity (Wildman–Crippen MR) is 64.4 cm³/mol. The molecule has 1 N–H and O–H groups in total. The van der Waals surface area contributed by atoms with Crippen molar-refractivity contribution in [2.45, 2.75) is 12.8 Å². The van der Waals surface area contributed by atoms with Crippen LogP contribution in [0.2, 0.25) is 0 Å². The fourth-order valence-corrected chi connectivity index (χ4v) is 1.80. The Morgan fingerprint density at radius 3 is 2.72 bits per heavy atom. The number of rotatable bonds is 4. The lowest BCUT2D eigenvalue weighted by Crippen LogP contribution is -2.28. The Labute approximate surface area is 104 Å². The smallest absolute Gasteiger partial charge is 0.310 e. The first kappa shape index (κ1) is 12.3. The summed E-state index contributed by atoms with van der Waals surface area (Å²) < 4.78 is 0. The fourth-order valence-electron chi connectivity index (χ4n) is 1.80. The Morgan fingerprint density at radius 2 is 2.22 bits per heavy atom. The number of nitro groups is 1. The average molecular weight is 250 g/mol. The third kappa shape index (κ3) is 2.58. The second kappa shape index (κ2) is 4.64. The number of aromatic hydroxyl groups is 1. The second-order valence-corrected chi connectivity index (χ2v) is 4.59. The first-order valence-electron chi connectivity index (χ1n) is 5.72. The van der Waals surface area contributed by atoms with Gasteiger partial charge in [-0.1, -0.05) is 0 Å². The van der Waals surface area contributed by atoms with Crippen LogP contribution in [0.3, 0.4) is 0 Å². The van der Waals surface area contributed by atoms with E-state index in [9.17, 15) is 20.0 Å². The molecule has 1 aliphatic rings. The van der Waals surface area contributed by atoms with Gasteiger partial charge >= 0.3 is 5.69 Å². The summed E-state index contributed by atoms with van der Waals surface area (Å²) in [5, 5.41) is 20.0. The molecular formula is C12H14N2O4. The van der Waals surface area contributed by atoms with Crippen molar-refractivity contribution in [1.29, 1.82) is 0 Å². The number of carbonyl (C=O) groups excluding carboxylic acids is 1. The number of benzene rings is 1. The summed E-state index contributed by atoms with van der Waals surface area (Å²) in [7, 11) is 1.69. The Kier molecular flexibility index (Phi) is 3.18. The highest BCUT2D eigenvalue weighted by Gasteiger charge is 2.26. The summed E-state index contributed by atoms with van der Waals surface area (Å²) in [6.07, 6.45) is 2.28. The van der Waals surface area contributed by atoms with Crippen LogP contribution in [0.1, 0.15) is 23.2 Å². The highest BCUT2D eigenvalue weighted by molar-refractivity contribution is 5.94. The van der Waals surface area contributed by atoms with Gasteiger partial charge in [0.05, 0.1) is 4.92 Å². The molecule has 1 amide bonds. The molecule has 0 heterocycles. The molecule has 2 rings (SSSR count). The summed E-state index contributed by atoms with van der Waals surface area (Å²) in [6, 6.07) is 3.65. The molecule has 0 spiro atoms. The Hall–Kier alpha value is -2.11. The fraction of sp³-hybridized carbons (Fsp3) is 0.417. The molecule has 0 aromatic heterocycles. The van der Waals surface area contributed by atoms with Gasteiger partial charge in [0.25, 0.3) is 5.91 Å². The first-order valence-corrected chi connectivity index (χ1v) is 5.72. The Morgan fingerprint density at radius 1 is 1.56 bits per heavy atom. The summed E-state index contributed by atoms with van der Waals surface area (Å²) in [4.78, 5) is 23.4. The zero-order valence-electron chi connectivity index (χ0n) is 10.00. The molecule has 6 nitrogen and oxygen atoms in total. The van der Waals surface area contributed by atoms with E-state index in [1.165, 1.54) is 6.07 Å². The van der Waals surface area contributed by atoms with Crippen LogP contribution in [0.5, 0.6) is 5.75 Å². The molecule has 1 aromatic carbocycles. The van der Waals surface area contributed by atoms with Crippen LogP contribution < -0.4 is 0 Å². The SMILES string of the molecule is CN(CC1CC1)C(=O)c1ccc([N+](=O)[O-])c(O)c1. The van der Waals surface area contributed by atoms with Crippen molar-refractivity contribution in [2.24, 2.45) is 5.92 Å². The molecule has 18 heavy (non-hydrogen) atoms. The Bertz CT molecular complexity index is 497. The number of nitrogens with zero attached hydrogens (tertiary/aromatic N) is 2. The van der Waals surface area contributed by atoms with Gasteiger partial charge in [-0.15, -0.1) is 0 Å². The highest BCUT2D eigenvalue weighted by atomic mass is 16.6. The third-order valence-electron chi connectivity index (χ3n) is 2.99. The van der Waals surface area contributed by atoms with Gasteiger partial charge in [-0.2, -0.15) is 0 Å². The lowest BCUT2D eigenvalue weighted by molar-refractivity contribution is -0.385. The number of nitro benzene ring substituents is 1. The minimum absolute atomic E-state index is 0.230. The molecule has 1 fully saturated rings. The maximum absolute atomic E-state index is 12.0. The van der Waals surface area contributed by atoms with Crippen molar-refractivity contribution in [2.75, 3.05) is 13.6 Å². The molecule has 1 saturated carbocycles. The monoisotopic (exact) mass is 250 g/mol. The minimum atomic E-state index is -0.683. The summed E-state index contributed by atoms with van der Waals surface area (Å²) >= 11 is 0. The van der Waals surface area contributed by atoms with Crippen molar-refractivity contribution in [3.05, 3.63) is 33.9 Å². The highest BCUT2D eigenvalue weighted by Crippen LogP contribution is 2.30. The van der Waals surface area contributed by atoms with Crippen LogP contribution >= 0.6 is 0 Å². The van der Waals surface area contributed by atoms with E-state index in [-0.39, 0.29) is 11.5 Å². The number of carbonyl (C=O) groups is 1. The molecule has 0 radical (unpaired) electrons. The van der Waals surface area contributed by atoms with E-state index in [0.29, 0.717) is 12.5 Å². The third-order valence-corrected chi connectivity index (χ3v) is 2.99. The number of hydrogen-bond acceptors (Lipinski definition) is 4. The quantitative estimate of drug-likeness (QED) is 0.652. The van der Waals surface area contributed by atoms with Gasteiger partial charge in [0, 0.05) is 25.2 Å². The van der Waals surface area contributed by atoms with E-state index in [4.69, 9.17) is 0 Å². The molecule has 0 saturated heterocycles. The van der Waals surface area contributed by atoms with E-state index in [1.54, 1.807) is 11.9 Å². The van der Waals surface area contributed by atoms with Gasteiger partial charge in [-0.05, 0) is 30.9 Å². The molecule has 0 aliphatic heterocycles. The van der Waals surface area contributed by atoms with Gasteiger partial charge < -0.3 is 10.0 Å². The van der Waals surface area contributed by atoms with Crippen LogP contribution in [0.15, 0.2) is 18.2 Å². The lowest BCUT2D eigenvalue weighted by atomic mass is 10.1. The zero-order valence-corrected chi connectivity index (χ0v) is 10.00. The van der Waals surface area contributed by atoms with Crippen molar-refractivity contribution in [1.82, 2.24) is 4.90 Å². The molecule has 6 heteroatoms. The van der Waals surface area contributed by atoms with Gasteiger partial charge in [0.1, 0.15) is 0 Å². The molecule has 0 unspecified atom stereocenters.